The SMILES string of the molecule is CCCNC(C)(CCN1CCCC2CCCCC21)C(N)=O. The first-order valence-electron chi connectivity index (χ1n) is 8.86. The Morgan fingerprint density at radius 3 is 2.71 bits per heavy atom. The monoisotopic (exact) mass is 295 g/mol. The van der Waals surface area contributed by atoms with Crippen LogP contribution in [0.5, 0.6) is 0 Å². The van der Waals surface area contributed by atoms with Crippen molar-refractivity contribution in [2.45, 2.75) is 76.8 Å². The number of carbonyl (C=O) groups is 1. The van der Waals surface area contributed by atoms with Crippen LogP contribution in [-0.4, -0.2) is 42.0 Å². The Kier molecular flexibility index (Phi) is 6.06. The third kappa shape index (κ3) is 4.19. The fraction of sp³-hybridized carbons (Fsp3) is 0.941. The highest BCUT2D eigenvalue weighted by molar-refractivity contribution is 5.84. The second-order valence-electron chi connectivity index (χ2n) is 7.16. The molecule has 1 aliphatic carbocycles. The molecule has 0 spiro atoms. The quantitative estimate of drug-likeness (QED) is 0.757. The highest BCUT2D eigenvalue weighted by Crippen LogP contribution is 2.35. The van der Waals surface area contributed by atoms with Gasteiger partial charge in [-0.15, -0.1) is 0 Å². The summed E-state index contributed by atoms with van der Waals surface area (Å²) in [5.41, 5.74) is 5.08. The molecule has 0 aromatic rings. The first-order chi connectivity index (χ1) is 10.1. The van der Waals surface area contributed by atoms with E-state index < -0.39 is 5.54 Å². The lowest BCUT2D eigenvalue weighted by atomic mass is 9.78. The largest absolute Gasteiger partial charge is 0.368 e. The number of primary amides is 1. The first-order valence-corrected chi connectivity index (χ1v) is 8.86. The summed E-state index contributed by atoms with van der Waals surface area (Å²) >= 11 is 0. The number of rotatable bonds is 7. The Bertz CT molecular complexity index is 345. The fourth-order valence-corrected chi connectivity index (χ4v) is 4.07. The maximum Gasteiger partial charge on any atom is 0.237 e. The Morgan fingerprint density at radius 1 is 1.29 bits per heavy atom. The standard InChI is InChI=1S/C17H33N3O/c1-3-11-19-17(2,16(18)21)10-13-20-12-6-8-14-7-4-5-9-15(14)20/h14-15,19H,3-13H2,1-2H3,(H2,18,21). The van der Waals surface area contributed by atoms with Crippen LogP contribution in [0.25, 0.3) is 0 Å². The molecule has 2 fully saturated rings. The van der Waals surface area contributed by atoms with E-state index in [1.54, 1.807) is 0 Å². The molecule has 1 saturated heterocycles. The van der Waals surface area contributed by atoms with E-state index in [2.05, 4.69) is 17.1 Å². The van der Waals surface area contributed by atoms with Crippen LogP contribution in [-0.2, 0) is 4.79 Å². The number of nitrogens with one attached hydrogen (secondary N) is 1. The summed E-state index contributed by atoms with van der Waals surface area (Å²) in [7, 11) is 0. The third-order valence-electron chi connectivity index (χ3n) is 5.57. The molecule has 122 valence electrons. The number of carbonyl (C=O) groups excluding carboxylic acids is 1. The number of nitrogens with two attached hydrogens (primary N) is 1. The normalized spacial score (nSPS) is 29.6. The minimum absolute atomic E-state index is 0.215. The molecule has 0 aromatic carbocycles. The number of piperidine rings is 1. The van der Waals surface area contributed by atoms with Gasteiger partial charge >= 0.3 is 0 Å². The highest BCUT2D eigenvalue weighted by Gasteiger charge is 2.36. The topological polar surface area (TPSA) is 58.4 Å². The zero-order valence-electron chi connectivity index (χ0n) is 13.9. The summed E-state index contributed by atoms with van der Waals surface area (Å²) in [5, 5.41) is 3.36. The minimum Gasteiger partial charge on any atom is -0.368 e. The third-order valence-corrected chi connectivity index (χ3v) is 5.57. The van der Waals surface area contributed by atoms with Crippen LogP contribution >= 0.6 is 0 Å². The van der Waals surface area contributed by atoms with Crippen LogP contribution < -0.4 is 11.1 Å². The Balaban J connectivity index is 1.91. The van der Waals surface area contributed by atoms with Gasteiger partial charge in [-0.25, -0.2) is 0 Å². The summed E-state index contributed by atoms with van der Waals surface area (Å²) < 4.78 is 0. The summed E-state index contributed by atoms with van der Waals surface area (Å²) in [6.07, 6.45) is 10.1. The Morgan fingerprint density at radius 2 is 2.00 bits per heavy atom. The second-order valence-corrected chi connectivity index (χ2v) is 7.16. The van der Waals surface area contributed by atoms with Crippen LogP contribution in [0.3, 0.4) is 0 Å². The molecule has 1 heterocycles. The van der Waals surface area contributed by atoms with E-state index in [1.807, 2.05) is 6.92 Å². The molecule has 0 aromatic heterocycles. The lowest BCUT2D eigenvalue weighted by Gasteiger charge is -2.45. The van der Waals surface area contributed by atoms with Gasteiger partial charge in [0.05, 0.1) is 5.54 Å². The molecule has 4 heteroatoms. The van der Waals surface area contributed by atoms with Crippen LogP contribution in [0.4, 0.5) is 0 Å². The van der Waals surface area contributed by atoms with Crippen molar-refractivity contribution >= 4 is 5.91 Å². The lowest BCUT2D eigenvalue weighted by Crippen LogP contribution is -2.56. The molecule has 1 amide bonds. The minimum atomic E-state index is -0.558. The van der Waals surface area contributed by atoms with E-state index in [9.17, 15) is 4.79 Å². The molecule has 2 aliphatic rings. The molecule has 3 N–H and O–H groups in total. The van der Waals surface area contributed by atoms with Crippen molar-refractivity contribution in [2.75, 3.05) is 19.6 Å². The molecule has 4 nitrogen and oxygen atoms in total. The molecule has 3 unspecified atom stereocenters. The van der Waals surface area contributed by atoms with Crippen molar-refractivity contribution in [3.05, 3.63) is 0 Å². The first kappa shape index (κ1) is 16.8. The predicted octanol–water partition coefficient (Wildman–Crippen LogP) is 2.27. The van der Waals surface area contributed by atoms with Gasteiger partial charge in [0.2, 0.25) is 5.91 Å². The van der Waals surface area contributed by atoms with Crippen LogP contribution in [0, 0.1) is 5.92 Å². The van der Waals surface area contributed by atoms with E-state index in [1.165, 1.54) is 45.1 Å². The van der Waals surface area contributed by atoms with Gasteiger partial charge < -0.3 is 16.0 Å². The molecule has 1 aliphatic heterocycles. The van der Waals surface area contributed by atoms with Crippen LogP contribution in [0.15, 0.2) is 0 Å². The van der Waals surface area contributed by atoms with E-state index in [4.69, 9.17) is 5.73 Å². The van der Waals surface area contributed by atoms with Crippen molar-refractivity contribution in [1.29, 1.82) is 0 Å². The molecular formula is C17H33N3O. The van der Waals surface area contributed by atoms with Crippen LogP contribution in [0.1, 0.15) is 65.2 Å². The van der Waals surface area contributed by atoms with Crippen molar-refractivity contribution in [2.24, 2.45) is 11.7 Å². The van der Waals surface area contributed by atoms with Gasteiger partial charge in [0, 0.05) is 12.6 Å². The average molecular weight is 295 g/mol. The van der Waals surface area contributed by atoms with Gasteiger partial charge in [-0.3, -0.25) is 4.79 Å². The smallest absolute Gasteiger partial charge is 0.237 e. The molecule has 3 atom stereocenters. The Hall–Kier alpha value is -0.610. The Labute approximate surface area is 129 Å². The molecule has 0 bridgehead atoms. The maximum atomic E-state index is 11.8. The van der Waals surface area contributed by atoms with Gasteiger partial charge in [-0.1, -0.05) is 19.8 Å². The zero-order valence-corrected chi connectivity index (χ0v) is 13.9. The molecule has 0 radical (unpaired) electrons. The number of hydrogen-bond acceptors (Lipinski definition) is 3. The summed E-state index contributed by atoms with van der Waals surface area (Å²) in [6, 6.07) is 0.760. The van der Waals surface area contributed by atoms with E-state index in [0.29, 0.717) is 0 Å². The van der Waals surface area contributed by atoms with Gasteiger partial charge in [0.1, 0.15) is 0 Å². The average Bonchev–Trinajstić information content (AvgIpc) is 2.50. The summed E-state index contributed by atoms with van der Waals surface area (Å²) in [5.74, 6) is 0.684. The number of hydrogen-bond donors (Lipinski definition) is 2. The van der Waals surface area contributed by atoms with Gasteiger partial charge in [0.25, 0.3) is 0 Å². The van der Waals surface area contributed by atoms with Crippen molar-refractivity contribution < 1.29 is 4.79 Å². The van der Waals surface area contributed by atoms with Crippen LogP contribution in [0.2, 0.25) is 0 Å². The van der Waals surface area contributed by atoms with Crippen molar-refractivity contribution in [3.8, 4) is 0 Å². The van der Waals surface area contributed by atoms with E-state index >= 15 is 0 Å². The van der Waals surface area contributed by atoms with Gasteiger partial charge in [-0.05, 0) is 64.5 Å². The summed E-state index contributed by atoms with van der Waals surface area (Å²) in [4.78, 5) is 14.5. The number of nitrogens with zero attached hydrogens (tertiary/aromatic N) is 1. The summed E-state index contributed by atoms with van der Waals surface area (Å²) in [6.45, 7) is 7.13. The zero-order chi connectivity index (χ0) is 15.3. The molecule has 2 rings (SSSR count). The highest BCUT2D eigenvalue weighted by atomic mass is 16.1. The molecular weight excluding hydrogens is 262 g/mol. The predicted molar refractivity (Wildman–Crippen MR) is 87.1 cm³/mol. The maximum absolute atomic E-state index is 11.8. The van der Waals surface area contributed by atoms with Crippen molar-refractivity contribution in [1.82, 2.24) is 10.2 Å². The lowest BCUT2D eigenvalue weighted by molar-refractivity contribution is -0.124. The van der Waals surface area contributed by atoms with Gasteiger partial charge in [-0.2, -0.15) is 0 Å². The molecule has 21 heavy (non-hydrogen) atoms. The number of likely N-dealkylation sites (tertiary alicyclic amines) is 1. The molecule has 1 saturated carbocycles. The number of amides is 1. The van der Waals surface area contributed by atoms with E-state index in [0.717, 1.165) is 37.9 Å². The van der Waals surface area contributed by atoms with Crippen molar-refractivity contribution in [3.63, 3.8) is 0 Å². The van der Waals surface area contributed by atoms with Gasteiger partial charge in [0.15, 0.2) is 0 Å². The second kappa shape index (κ2) is 7.59. The number of fused-ring (bicyclic) bond motifs is 1. The fourth-order valence-electron chi connectivity index (χ4n) is 4.07. The van der Waals surface area contributed by atoms with E-state index in [-0.39, 0.29) is 5.91 Å².